The molecule has 1 aliphatic rings. The van der Waals surface area contributed by atoms with Gasteiger partial charge in [0.05, 0.1) is 23.3 Å². The fourth-order valence-electron chi connectivity index (χ4n) is 3.49. The third-order valence-electron chi connectivity index (χ3n) is 5.28. The van der Waals surface area contributed by atoms with Crippen molar-refractivity contribution in [3.63, 3.8) is 0 Å². The molecule has 1 atom stereocenters. The van der Waals surface area contributed by atoms with E-state index in [-0.39, 0.29) is 11.9 Å². The van der Waals surface area contributed by atoms with Crippen LogP contribution < -0.4 is 0 Å². The fourth-order valence-corrected chi connectivity index (χ4v) is 5.03. The van der Waals surface area contributed by atoms with E-state index >= 15 is 0 Å². The molecule has 0 bridgehead atoms. The summed E-state index contributed by atoms with van der Waals surface area (Å²) in [7, 11) is 1.99. The van der Waals surface area contributed by atoms with Gasteiger partial charge in [-0.25, -0.2) is 0 Å². The second kappa shape index (κ2) is 8.23. The van der Waals surface area contributed by atoms with Gasteiger partial charge in [0.2, 0.25) is 0 Å². The molecule has 0 radical (unpaired) electrons. The van der Waals surface area contributed by atoms with Crippen LogP contribution in [0.3, 0.4) is 0 Å². The van der Waals surface area contributed by atoms with Gasteiger partial charge in [-0.1, -0.05) is 17.8 Å². The molecule has 4 heterocycles. The quantitative estimate of drug-likeness (QED) is 0.428. The van der Waals surface area contributed by atoms with Gasteiger partial charge in [0, 0.05) is 30.6 Å². The smallest absolute Gasteiger partial charge is 0.192 e. The zero-order chi connectivity index (χ0) is 19.7. The Morgan fingerprint density at radius 3 is 2.89 bits per heavy atom. The third-order valence-corrected chi connectivity index (χ3v) is 7.11. The lowest BCUT2D eigenvalue weighted by Gasteiger charge is -2.14. The number of carbonyl (C=O) groups is 1. The Bertz CT molecular complexity index is 969. The summed E-state index contributed by atoms with van der Waals surface area (Å²) in [6.45, 7) is 5.54. The number of ketones is 1. The number of aromatic nitrogens is 4. The van der Waals surface area contributed by atoms with Crippen LogP contribution in [0.2, 0.25) is 0 Å². The molecule has 4 rings (SSSR count). The Morgan fingerprint density at radius 1 is 1.39 bits per heavy atom. The Hall–Kier alpha value is -1.90. The molecule has 0 saturated carbocycles. The maximum Gasteiger partial charge on any atom is 0.192 e. The number of Topliss-reactive ketones (excluding diaryl/α,β-unsaturated/α-hetero) is 1. The van der Waals surface area contributed by atoms with E-state index in [1.807, 2.05) is 43.0 Å². The minimum absolute atomic E-state index is 0.121. The van der Waals surface area contributed by atoms with Crippen LogP contribution >= 0.6 is 23.1 Å². The van der Waals surface area contributed by atoms with Crippen molar-refractivity contribution in [2.75, 3.05) is 12.4 Å². The molecule has 1 fully saturated rings. The molecule has 1 saturated heterocycles. The van der Waals surface area contributed by atoms with E-state index in [1.54, 1.807) is 11.3 Å². The van der Waals surface area contributed by atoms with Crippen LogP contribution in [-0.2, 0) is 18.3 Å². The summed E-state index contributed by atoms with van der Waals surface area (Å²) in [5, 5.41) is 11.6. The number of aryl methyl sites for hydroxylation is 1. The molecule has 0 spiro atoms. The molecule has 148 valence electrons. The highest BCUT2D eigenvalue weighted by molar-refractivity contribution is 7.99. The second-order valence-corrected chi connectivity index (χ2v) is 8.97. The van der Waals surface area contributed by atoms with Crippen LogP contribution in [0.15, 0.2) is 28.7 Å². The Morgan fingerprint density at radius 2 is 2.25 bits per heavy atom. The zero-order valence-electron chi connectivity index (χ0n) is 16.3. The van der Waals surface area contributed by atoms with Crippen LogP contribution in [0.4, 0.5) is 0 Å². The highest BCUT2D eigenvalue weighted by Gasteiger charge is 2.23. The van der Waals surface area contributed by atoms with Crippen molar-refractivity contribution in [3.8, 4) is 10.7 Å². The molecule has 8 heteroatoms. The van der Waals surface area contributed by atoms with Crippen molar-refractivity contribution in [1.29, 1.82) is 0 Å². The van der Waals surface area contributed by atoms with Crippen molar-refractivity contribution >= 4 is 28.9 Å². The number of hydrogen-bond acceptors (Lipinski definition) is 6. The third kappa shape index (κ3) is 3.81. The van der Waals surface area contributed by atoms with Crippen LogP contribution in [0.5, 0.6) is 0 Å². The number of ether oxygens (including phenoxy) is 1. The first kappa shape index (κ1) is 19.4. The standard InChI is InChI=1S/C20H24N4O2S2/c1-13-10-16(14(2)23(13)3)17(25)12-28-20-22-21-19(18-7-5-9-27-18)24(20)11-15-6-4-8-26-15/h5,7,9-10,15H,4,6,8,11-12H2,1-3H3/t15-/m0/s1. The normalized spacial score (nSPS) is 16.8. The summed E-state index contributed by atoms with van der Waals surface area (Å²) in [5.41, 5.74) is 2.88. The zero-order valence-corrected chi connectivity index (χ0v) is 18.0. The topological polar surface area (TPSA) is 61.9 Å². The summed E-state index contributed by atoms with van der Waals surface area (Å²) in [6.07, 6.45) is 2.33. The largest absolute Gasteiger partial charge is 0.376 e. The van der Waals surface area contributed by atoms with Gasteiger partial charge in [0.15, 0.2) is 16.8 Å². The summed E-state index contributed by atoms with van der Waals surface area (Å²) in [6, 6.07) is 6.03. The van der Waals surface area contributed by atoms with Crippen LogP contribution in [-0.4, -0.2) is 43.6 Å². The van der Waals surface area contributed by atoms with Crippen LogP contribution in [0.25, 0.3) is 10.7 Å². The van der Waals surface area contributed by atoms with Crippen molar-refractivity contribution in [2.24, 2.45) is 7.05 Å². The molecule has 0 amide bonds. The molecular formula is C20H24N4O2S2. The SMILES string of the molecule is Cc1cc(C(=O)CSc2nnc(-c3cccs3)n2C[C@@H]2CCCO2)c(C)n1C. The lowest BCUT2D eigenvalue weighted by Crippen LogP contribution is -2.17. The van der Waals surface area contributed by atoms with Gasteiger partial charge in [0.25, 0.3) is 0 Å². The summed E-state index contributed by atoms with van der Waals surface area (Å²) in [5.74, 6) is 1.32. The molecular weight excluding hydrogens is 392 g/mol. The van der Waals surface area contributed by atoms with Crippen molar-refractivity contribution < 1.29 is 9.53 Å². The van der Waals surface area contributed by atoms with E-state index in [0.717, 1.165) is 58.8 Å². The lowest BCUT2D eigenvalue weighted by atomic mass is 10.2. The maximum atomic E-state index is 12.8. The molecule has 6 nitrogen and oxygen atoms in total. The second-order valence-electron chi connectivity index (χ2n) is 7.08. The number of rotatable bonds is 7. The molecule has 3 aromatic rings. The van der Waals surface area contributed by atoms with Crippen molar-refractivity contribution in [3.05, 3.63) is 40.5 Å². The van der Waals surface area contributed by atoms with Crippen LogP contribution in [0.1, 0.15) is 34.6 Å². The molecule has 0 aromatic carbocycles. The highest BCUT2D eigenvalue weighted by atomic mass is 32.2. The van der Waals surface area contributed by atoms with Gasteiger partial charge in [-0.15, -0.1) is 21.5 Å². The first-order chi connectivity index (χ1) is 13.5. The van der Waals surface area contributed by atoms with Crippen LogP contribution in [0, 0.1) is 13.8 Å². The predicted molar refractivity (Wildman–Crippen MR) is 112 cm³/mol. The van der Waals surface area contributed by atoms with Gasteiger partial charge >= 0.3 is 0 Å². The van der Waals surface area contributed by atoms with Gasteiger partial charge in [-0.3, -0.25) is 9.36 Å². The van der Waals surface area contributed by atoms with Gasteiger partial charge in [-0.2, -0.15) is 0 Å². The number of nitrogens with zero attached hydrogens (tertiary/aromatic N) is 4. The molecule has 3 aromatic heterocycles. The molecule has 0 unspecified atom stereocenters. The summed E-state index contributed by atoms with van der Waals surface area (Å²) < 4.78 is 9.99. The molecule has 0 N–H and O–H groups in total. The Labute approximate surface area is 172 Å². The molecule has 28 heavy (non-hydrogen) atoms. The number of carbonyl (C=O) groups excluding carboxylic acids is 1. The summed E-state index contributed by atoms with van der Waals surface area (Å²) in [4.78, 5) is 13.9. The minimum Gasteiger partial charge on any atom is -0.376 e. The first-order valence-electron chi connectivity index (χ1n) is 9.42. The van der Waals surface area contributed by atoms with E-state index in [9.17, 15) is 4.79 Å². The van der Waals surface area contributed by atoms with E-state index < -0.39 is 0 Å². The summed E-state index contributed by atoms with van der Waals surface area (Å²) >= 11 is 3.10. The van der Waals surface area contributed by atoms with E-state index in [1.165, 1.54) is 11.8 Å². The van der Waals surface area contributed by atoms with Gasteiger partial charge < -0.3 is 9.30 Å². The number of thiophene rings is 1. The van der Waals surface area contributed by atoms with E-state index in [2.05, 4.69) is 20.8 Å². The maximum absolute atomic E-state index is 12.8. The highest BCUT2D eigenvalue weighted by Crippen LogP contribution is 2.29. The van der Waals surface area contributed by atoms with Gasteiger partial charge in [0.1, 0.15) is 0 Å². The van der Waals surface area contributed by atoms with E-state index in [0.29, 0.717) is 5.75 Å². The first-order valence-corrected chi connectivity index (χ1v) is 11.3. The molecule has 1 aliphatic heterocycles. The van der Waals surface area contributed by atoms with Crippen molar-refractivity contribution in [2.45, 2.75) is 44.5 Å². The Kier molecular flexibility index (Phi) is 5.70. The predicted octanol–water partition coefficient (Wildman–Crippen LogP) is 4.12. The average molecular weight is 417 g/mol. The van der Waals surface area contributed by atoms with E-state index in [4.69, 9.17) is 4.74 Å². The monoisotopic (exact) mass is 416 g/mol. The minimum atomic E-state index is 0.121. The number of thioether (sulfide) groups is 1. The average Bonchev–Trinajstić information content (AvgIpc) is 3.47. The lowest BCUT2D eigenvalue weighted by molar-refractivity contribution is 0.0953. The molecule has 0 aliphatic carbocycles. The fraction of sp³-hybridized carbons (Fsp3) is 0.450. The Balaban J connectivity index is 1.55. The van der Waals surface area contributed by atoms with Crippen molar-refractivity contribution in [1.82, 2.24) is 19.3 Å². The van der Waals surface area contributed by atoms with Gasteiger partial charge in [-0.05, 0) is 44.2 Å². The number of hydrogen-bond donors (Lipinski definition) is 0.